The van der Waals surface area contributed by atoms with Gasteiger partial charge in [-0.3, -0.25) is 0 Å². The van der Waals surface area contributed by atoms with E-state index >= 15 is 0 Å². The van der Waals surface area contributed by atoms with E-state index < -0.39 is 0 Å². The Morgan fingerprint density at radius 1 is 1.20 bits per heavy atom. The quantitative estimate of drug-likeness (QED) is 0.789. The summed E-state index contributed by atoms with van der Waals surface area (Å²) in [6.07, 6.45) is 1.80. The van der Waals surface area contributed by atoms with Gasteiger partial charge in [-0.1, -0.05) is 13.0 Å². The molecule has 0 unspecified atom stereocenters. The third-order valence-electron chi connectivity index (χ3n) is 2.91. The first-order valence-corrected chi connectivity index (χ1v) is 7.95. The van der Waals surface area contributed by atoms with Gasteiger partial charge in [0, 0.05) is 20.9 Å². The number of nitrogens with zero attached hydrogens (tertiary/aromatic N) is 2. The Morgan fingerprint density at radius 2 is 1.85 bits per heavy atom. The van der Waals surface area contributed by atoms with Gasteiger partial charge in [-0.05, 0) is 57.3 Å². The maximum Gasteiger partial charge on any atom is 0.139 e. The van der Waals surface area contributed by atoms with Gasteiger partial charge in [-0.15, -0.1) is 0 Å². The van der Waals surface area contributed by atoms with Crippen LogP contribution in [0.2, 0.25) is 0 Å². The molecule has 106 valence electrons. The smallest absolute Gasteiger partial charge is 0.139 e. The molecule has 0 amide bonds. The molecule has 3 N–H and O–H groups in total. The van der Waals surface area contributed by atoms with E-state index in [1.165, 1.54) is 0 Å². The molecule has 2 rings (SSSR count). The monoisotopic (exact) mass is 398 g/mol. The van der Waals surface area contributed by atoms with Gasteiger partial charge >= 0.3 is 0 Å². The van der Waals surface area contributed by atoms with E-state index in [-0.39, 0.29) is 0 Å². The van der Waals surface area contributed by atoms with Crippen LogP contribution in [0.15, 0.2) is 27.1 Å². The highest BCUT2D eigenvalue weighted by Gasteiger charge is 2.11. The molecular weight excluding hydrogens is 384 g/mol. The molecule has 0 aliphatic rings. The minimum Gasteiger partial charge on any atom is -0.383 e. The number of hydrogen-bond acceptors (Lipinski definition) is 4. The van der Waals surface area contributed by atoms with Crippen LogP contribution in [0.5, 0.6) is 0 Å². The van der Waals surface area contributed by atoms with Crippen LogP contribution in [-0.2, 0) is 6.42 Å². The number of nitrogens with two attached hydrogens (primary N) is 1. The van der Waals surface area contributed by atoms with Gasteiger partial charge in [-0.25, -0.2) is 9.97 Å². The zero-order chi connectivity index (χ0) is 14.7. The summed E-state index contributed by atoms with van der Waals surface area (Å²) >= 11 is 7.06. The van der Waals surface area contributed by atoms with Crippen LogP contribution in [0, 0.1) is 6.92 Å². The topological polar surface area (TPSA) is 63.8 Å². The van der Waals surface area contributed by atoms with E-state index in [1.807, 2.05) is 25.1 Å². The fraction of sp³-hybridized carbons (Fsp3) is 0.286. The Balaban J connectivity index is 2.42. The first kappa shape index (κ1) is 15.3. The summed E-state index contributed by atoms with van der Waals surface area (Å²) in [7, 11) is 0. The Labute approximate surface area is 135 Å². The maximum atomic E-state index is 5.97. The van der Waals surface area contributed by atoms with Crippen molar-refractivity contribution in [1.29, 1.82) is 0 Å². The molecule has 0 aliphatic carbocycles. The van der Waals surface area contributed by atoms with E-state index in [0.717, 1.165) is 44.7 Å². The van der Waals surface area contributed by atoms with Crippen molar-refractivity contribution >= 4 is 49.2 Å². The summed E-state index contributed by atoms with van der Waals surface area (Å²) in [6.45, 7) is 4.01. The third-order valence-corrected chi connectivity index (χ3v) is 4.23. The minimum absolute atomic E-state index is 0.522. The summed E-state index contributed by atoms with van der Waals surface area (Å²) in [5, 5.41) is 3.32. The van der Waals surface area contributed by atoms with Crippen LogP contribution in [0.1, 0.15) is 24.7 Å². The lowest BCUT2D eigenvalue weighted by molar-refractivity contribution is 0.836. The SMILES string of the molecule is CCCc1nc(N)c(C)c(Nc2c(Br)cccc2Br)n1. The van der Waals surface area contributed by atoms with Gasteiger partial charge in [0.25, 0.3) is 0 Å². The van der Waals surface area contributed by atoms with E-state index in [9.17, 15) is 0 Å². The van der Waals surface area contributed by atoms with E-state index in [0.29, 0.717) is 5.82 Å². The van der Waals surface area contributed by atoms with Crippen molar-refractivity contribution in [1.82, 2.24) is 9.97 Å². The third kappa shape index (κ3) is 3.30. The van der Waals surface area contributed by atoms with Crippen LogP contribution in [-0.4, -0.2) is 9.97 Å². The zero-order valence-electron chi connectivity index (χ0n) is 11.4. The second-order valence-corrected chi connectivity index (χ2v) is 6.18. The predicted molar refractivity (Wildman–Crippen MR) is 90.3 cm³/mol. The van der Waals surface area contributed by atoms with Gasteiger partial charge in [0.2, 0.25) is 0 Å². The highest BCUT2D eigenvalue weighted by molar-refractivity contribution is 9.11. The first-order valence-electron chi connectivity index (χ1n) is 6.37. The van der Waals surface area contributed by atoms with Crippen LogP contribution in [0.4, 0.5) is 17.3 Å². The molecule has 0 atom stereocenters. The van der Waals surface area contributed by atoms with Crippen molar-refractivity contribution in [3.63, 3.8) is 0 Å². The van der Waals surface area contributed by atoms with Gasteiger partial charge in [0.15, 0.2) is 0 Å². The van der Waals surface area contributed by atoms with Crippen LogP contribution < -0.4 is 11.1 Å². The molecule has 4 nitrogen and oxygen atoms in total. The Kier molecular flexibility index (Phi) is 4.99. The molecule has 1 aromatic heterocycles. The lowest BCUT2D eigenvalue weighted by atomic mass is 10.2. The average molecular weight is 400 g/mol. The number of aryl methyl sites for hydroxylation is 1. The Morgan fingerprint density at radius 3 is 2.45 bits per heavy atom. The highest BCUT2D eigenvalue weighted by atomic mass is 79.9. The van der Waals surface area contributed by atoms with Crippen molar-refractivity contribution in [3.8, 4) is 0 Å². The number of para-hydroxylation sites is 1. The first-order chi connectivity index (χ1) is 9.52. The molecule has 6 heteroatoms. The van der Waals surface area contributed by atoms with Gasteiger partial charge in [0.05, 0.1) is 5.69 Å². The average Bonchev–Trinajstić information content (AvgIpc) is 2.39. The molecule has 1 aromatic carbocycles. The predicted octanol–water partition coefficient (Wildman–Crippen LogP) is 4.59. The number of benzene rings is 1. The molecule has 20 heavy (non-hydrogen) atoms. The van der Waals surface area contributed by atoms with Crippen molar-refractivity contribution in [2.45, 2.75) is 26.7 Å². The van der Waals surface area contributed by atoms with Gasteiger partial charge in [-0.2, -0.15) is 0 Å². The van der Waals surface area contributed by atoms with E-state index in [4.69, 9.17) is 5.73 Å². The van der Waals surface area contributed by atoms with Crippen LogP contribution in [0.3, 0.4) is 0 Å². The number of aromatic nitrogens is 2. The molecule has 0 aliphatic heterocycles. The van der Waals surface area contributed by atoms with E-state index in [2.05, 4.69) is 54.1 Å². The summed E-state index contributed by atoms with van der Waals surface area (Å²) < 4.78 is 1.92. The molecule has 1 heterocycles. The normalized spacial score (nSPS) is 10.6. The molecule has 0 radical (unpaired) electrons. The summed E-state index contributed by atoms with van der Waals surface area (Å²) in [4.78, 5) is 8.87. The number of halogens is 2. The lowest BCUT2D eigenvalue weighted by Crippen LogP contribution is -2.07. The minimum atomic E-state index is 0.522. The van der Waals surface area contributed by atoms with Crippen LogP contribution >= 0.6 is 31.9 Å². The molecule has 0 bridgehead atoms. The molecular formula is C14H16Br2N4. The summed E-state index contributed by atoms with van der Waals surface area (Å²) in [5.41, 5.74) is 7.75. The second-order valence-electron chi connectivity index (χ2n) is 4.47. The Hall–Kier alpha value is -1.14. The van der Waals surface area contributed by atoms with Crippen molar-refractivity contribution in [3.05, 3.63) is 38.5 Å². The fourth-order valence-electron chi connectivity index (χ4n) is 1.77. The molecule has 0 saturated heterocycles. The largest absolute Gasteiger partial charge is 0.383 e. The van der Waals surface area contributed by atoms with E-state index in [1.54, 1.807) is 0 Å². The number of hydrogen-bond donors (Lipinski definition) is 2. The van der Waals surface area contributed by atoms with Crippen LogP contribution in [0.25, 0.3) is 0 Å². The molecule has 0 spiro atoms. The summed E-state index contributed by atoms with van der Waals surface area (Å²) in [5.74, 6) is 2.03. The number of nitrogens with one attached hydrogen (secondary N) is 1. The Bertz CT molecular complexity index is 609. The van der Waals surface area contributed by atoms with Crippen molar-refractivity contribution in [2.24, 2.45) is 0 Å². The fourth-order valence-corrected chi connectivity index (χ4v) is 2.97. The van der Waals surface area contributed by atoms with Gasteiger partial charge in [0.1, 0.15) is 17.5 Å². The molecule has 0 saturated carbocycles. The number of rotatable bonds is 4. The zero-order valence-corrected chi connectivity index (χ0v) is 14.5. The molecule has 2 aromatic rings. The summed E-state index contributed by atoms with van der Waals surface area (Å²) in [6, 6.07) is 5.91. The standard InChI is InChI=1S/C14H16Br2N4/c1-3-5-11-18-13(17)8(2)14(19-11)20-12-9(15)6-4-7-10(12)16/h4,6-7H,3,5H2,1-2H3,(H3,17,18,19,20). The lowest BCUT2D eigenvalue weighted by Gasteiger charge is -2.14. The van der Waals surface area contributed by atoms with Crippen molar-refractivity contribution in [2.75, 3.05) is 11.1 Å². The number of anilines is 3. The highest BCUT2D eigenvalue weighted by Crippen LogP contribution is 2.34. The van der Waals surface area contributed by atoms with Gasteiger partial charge < -0.3 is 11.1 Å². The second kappa shape index (κ2) is 6.54. The number of nitrogen functional groups attached to an aromatic ring is 1. The molecule has 0 fully saturated rings. The van der Waals surface area contributed by atoms with Crippen molar-refractivity contribution < 1.29 is 0 Å². The maximum absolute atomic E-state index is 5.97.